The van der Waals surface area contributed by atoms with E-state index in [1.165, 1.54) is 5.56 Å². The van der Waals surface area contributed by atoms with Crippen LogP contribution in [0.2, 0.25) is 0 Å². The summed E-state index contributed by atoms with van der Waals surface area (Å²) in [5.41, 5.74) is 2.17. The van der Waals surface area contributed by atoms with Crippen LogP contribution in [0, 0.1) is 0 Å². The third kappa shape index (κ3) is 1.18. The second-order valence-corrected chi connectivity index (χ2v) is 3.24. The molecular formula is C10H12O2. The molecular weight excluding hydrogens is 152 g/mol. The third-order valence-electron chi connectivity index (χ3n) is 2.27. The van der Waals surface area contributed by atoms with Crippen LogP contribution in [0.3, 0.4) is 0 Å². The third-order valence-corrected chi connectivity index (χ3v) is 2.27. The number of rotatable bonds is 0. The first-order chi connectivity index (χ1) is 5.77. The van der Waals surface area contributed by atoms with E-state index in [-0.39, 0.29) is 6.10 Å². The summed E-state index contributed by atoms with van der Waals surface area (Å²) in [5.74, 6) is 0.361. The van der Waals surface area contributed by atoms with E-state index in [1.54, 1.807) is 6.07 Å². The molecule has 12 heavy (non-hydrogen) atoms. The van der Waals surface area contributed by atoms with Crippen LogP contribution in [0.5, 0.6) is 5.75 Å². The molecule has 0 bridgehead atoms. The van der Waals surface area contributed by atoms with E-state index in [0.29, 0.717) is 12.4 Å². The van der Waals surface area contributed by atoms with Crippen molar-refractivity contribution in [2.75, 3.05) is 0 Å². The fourth-order valence-corrected chi connectivity index (χ4v) is 1.57. The van der Waals surface area contributed by atoms with Crippen LogP contribution in [0.1, 0.15) is 18.1 Å². The number of phenols is 1. The molecule has 0 spiro atoms. The largest absolute Gasteiger partial charge is 0.508 e. The van der Waals surface area contributed by atoms with E-state index in [9.17, 15) is 5.11 Å². The van der Waals surface area contributed by atoms with Gasteiger partial charge in [-0.05, 0) is 25.0 Å². The lowest BCUT2D eigenvalue weighted by molar-refractivity contribution is 0.0397. The predicted molar refractivity (Wildman–Crippen MR) is 46.1 cm³/mol. The first-order valence-electron chi connectivity index (χ1n) is 4.18. The van der Waals surface area contributed by atoms with Crippen molar-refractivity contribution in [1.82, 2.24) is 0 Å². The first kappa shape index (κ1) is 7.62. The Morgan fingerprint density at radius 2 is 2.33 bits per heavy atom. The summed E-state index contributed by atoms with van der Waals surface area (Å²) < 4.78 is 5.43. The van der Waals surface area contributed by atoms with Crippen molar-refractivity contribution in [2.24, 2.45) is 0 Å². The predicted octanol–water partition coefficient (Wildman–Crippen LogP) is 1.85. The van der Waals surface area contributed by atoms with Gasteiger partial charge < -0.3 is 9.84 Å². The second kappa shape index (κ2) is 2.79. The molecule has 0 unspecified atom stereocenters. The molecule has 1 aliphatic rings. The van der Waals surface area contributed by atoms with Gasteiger partial charge in [0.05, 0.1) is 12.7 Å². The van der Waals surface area contributed by atoms with Crippen LogP contribution < -0.4 is 0 Å². The first-order valence-corrected chi connectivity index (χ1v) is 4.18. The highest BCUT2D eigenvalue weighted by atomic mass is 16.5. The molecule has 1 aliphatic heterocycles. The van der Waals surface area contributed by atoms with E-state index in [4.69, 9.17) is 4.74 Å². The molecule has 0 saturated heterocycles. The lowest BCUT2D eigenvalue weighted by Gasteiger charge is -2.22. The number of ether oxygens (including phenoxy) is 1. The van der Waals surface area contributed by atoms with Gasteiger partial charge in [-0.15, -0.1) is 0 Å². The number of hydrogen-bond acceptors (Lipinski definition) is 2. The average Bonchev–Trinajstić information content (AvgIpc) is 2.04. The van der Waals surface area contributed by atoms with Gasteiger partial charge in [0.2, 0.25) is 0 Å². The number of hydrogen-bond donors (Lipinski definition) is 1. The highest BCUT2D eigenvalue weighted by Gasteiger charge is 2.17. The summed E-state index contributed by atoms with van der Waals surface area (Å²) in [6.45, 7) is 2.59. The van der Waals surface area contributed by atoms with Crippen LogP contribution in [0.25, 0.3) is 0 Å². The van der Waals surface area contributed by atoms with E-state index >= 15 is 0 Å². The minimum absolute atomic E-state index is 0.277. The van der Waals surface area contributed by atoms with Gasteiger partial charge in [0.25, 0.3) is 0 Å². The molecule has 0 amide bonds. The van der Waals surface area contributed by atoms with Crippen LogP contribution in [0.4, 0.5) is 0 Å². The number of phenolic OH excluding ortho intramolecular Hbond substituents is 1. The Bertz CT molecular complexity index is 294. The molecule has 1 aromatic carbocycles. The number of benzene rings is 1. The lowest BCUT2D eigenvalue weighted by Crippen LogP contribution is -2.18. The highest BCUT2D eigenvalue weighted by molar-refractivity contribution is 5.39. The fourth-order valence-electron chi connectivity index (χ4n) is 1.57. The van der Waals surface area contributed by atoms with Crippen molar-refractivity contribution in [2.45, 2.75) is 26.1 Å². The van der Waals surface area contributed by atoms with Gasteiger partial charge in [-0.25, -0.2) is 0 Å². The molecule has 0 aliphatic carbocycles. The SMILES string of the molecule is C[C@@H]1Cc2cccc(O)c2CO1. The van der Waals surface area contributed by atoms with Gasteiger partial charge in [0.15, 0.2) is 0 Å². The number of fused-ring (bicyclic) bond motifs is 1. The summed E-state index contributed by atoms with van der Waals surface area (Å²) >= 11 is 0. The standard InChI is InChI=1S/C10H12O2/c1-7-5-8-3-2-4-10(11)9(8)6-12-7/h2-4,7,11H,5-6H2,1H3/t7-/m1/s1. The Morgan fingerprint density at radius 1 is 1.50 bits per heavy atom. The van der Waals surface area contributed by atoms with Crippen molar-refractivity contribution in [3.05, 3.63) is 29.3 Å². The molecule has 1 atom stereocenters. The van der Waals surface area contributed by atoms with Crippen molar-refractivity contribution in [3.8, 4) is 5.75 Å². The van der Waals surface area contributed by atoms with Gasteiger partial charge in [0.1, 0.15) is 5.75 Å². The minimum atomic E-state index is 0.277. The van der Waals surface area contributed by atoms with E-state index < -0.39 is 0 Å². The maximum Gasteiger partial charge on any atom is 0.121 e. The van der Waals surface area contributed by atoms with E-state index in [1.807, 2.05) is 19.1 Å². The topological polar surface area (TPSA) is 29.5 Å². The van der Waals surface area contributed by atoms with Crippen molar-refractivity contribution in [1.29, 1.82) is 0 Å². The highest BCUT2D eigenvalue weighted by Crippen LogP contribution is 2.27. The molecule has 1 aromatic rings. The minimum Gasteiger partial charge on any atom is -0.508 e. The maximum absolute atomic E-state index is 9.46. The maximum atomic E-state index is 9.46. The summed E-state index contributed by atoms with van der Waals surface area (Å²) in [7, 11) is 0. The van der Waals surface area contributed by atoms with Crippen molar-refractivity contribution in [3.63, 3.8) is 0 Å². The molecule has 2 heteroatoms. The Labute approximate surface area is 71.8 Å². The van der Waals surface area contributed by atoms with E-state index in [2.05, 4.69) is 0 Å². The number of aromatic hydroxyl groups is 1. The van der Waals surface area contributed by atoms with Crippen molar-refractivity contribution >= 4 is 0 Å². The molecule has 0 saturated carbocycles. The molecule has 0 radical (unpaired) electrons. The summed E-state index contributed by atoms with van der Waals surface area (Å²) in [6.07, 6.45) is 1.18. The Kier molecular flexibility index (Phi) is 1.77. The summed E-state index contributed by atoms with van der Waals surface area (Å²) in [6, 6.07) is 5.64. The van der Waals surface area contributed by atoms with Crippen LogP contribution in [-0.4, -0.2) is 11.2 Å². The zero-order chi connectivity index (χ0) is 8.55. The summed E-state index contributed by atoms with van der Waals surface area (Å²) in [5, 5.41) is 9.46. The zero-order valence-corrected chi connectivity index (χ0v) is 7.08. The zero-order valence-electron chi connectivity index (χ0n) is 7.08. The van der Waals surface area contributed by atoms with Gasteiger partial charge in [-0.1, -0.05) is 12.1 Å². The molecule has 64 valence electrons. The molecule has 1 heterocycles. The molecule has 0 fully saturated rings. The van der Waals surface area contributed by atoms with Gasteiger partial charge in [-0.2, -0.15) is 0 Å². The Hall–Kier alpha value is -1.02. The second-order valence-electron chi connectivity index (χ2n) is 3.24. The molecule has 0 aromatic heterocycles. The molecule has 1 N–H and O–H groups in total. The monoisotopic (exact) mass is 164 g/mol. The van der Waals surface area contributed by atoms with Gasteiger partial charge in [-0.3, -0.25) is 0 Å². The van der Waals surface area contributed by atoms with E-state index in [0.717, 1.165) is 12.0 Å². The Morgan fingerprint density at radius 3 is 3.17 bits per heavy atom. The molecule has 2 nitrogen and oxygen atoms in total. The Balaban J connectivity index is 2.42. The van der Waals surface area contributed by atoms with Gasteiger partial charge >= 0.3 is 0 Å². The fraction of sp³-hybridized carbons (Fsp3) is 0.400. The summed E-state index contributed by atoms with van der Waals surface area (Å²) in [4.78, 5) is 0. The van der Waals surface area contributed by atoms with Crippen molar-refractivity contribution < 1.29 is 9.84 Å². The quantitative estimate of drug-likeness (QED) is 0.634. The average molecular weight is 164 g/mol. The normalized spacial score (nSPS) is 21.9. The van der Waals surface area contributed by atoms with Gasteiger partial charge in [0, 0.05) is 5.56 Å². The van der Waals surface area contributed by atoms with Crippen LogP contribution in [0.15, 0.2) is 18.2 Å². The molecule has 2 rings (SSSR count). The van der Waals surface area contributed by atoms with Crippen LogP contribution in [-0.2, 0) is 17.8 Å². The smallest absolute Gasteiger partial charge is 0.121 e. The van der Waals surface area contributed by atoms with Crippen LogP contribution >= 0.6 is 0 Å². The lowest BCUT2D eigenvalue weighted by atomic mass is 9.99.